The van der Waals surface area contributed by atoms with Crippen LogP contribution in [0.1, 0.15) is 115 Å². The van der Waals surface area contributed by atoms with E-state index in [1.54, 1.807) is 0 Å². The van der Waals surface area contributed by atoms with Gasteiger partial charge in [0, 0.05) is 6.92 Å². The monoisotopic (exact) mass is 370 g/mol. The first-order chi connectivity index (χ1) is 11.8. The summed E-state index contributed by atoms with van der Waals surface area (Å²) in [5, 5.41) is 0. The second kappa shape index (κ2) is 18.3. The zero-order valence-electron chi connectivity index (χ0n) is 17.0. The van der Waals surface area contributed by atoms with Crippen LogP contribution >= 0.6 is 0 Å². The van der Waals surface area contributed by atoms with Gasteiger partial charge < -0.3 is 12.4 Å². The Balaban J connectivity index is 0.00000576. The molecule has 0 atom stereocenters. The summed E-state index contributed by atoms with van der Waals surface area (Å²) < 4.78 is 2.32. The molecule has 25 heavy (non-hydrogen) atoms. The van der Waals surface area contributed by atoms with Crippen LogP contribution in [0.4, 0.5) is 0 Å². The van der Waals surface area contributed by atoms with Crippen LogP contribution in [0.3, 0.4) is 0 Å². The van der Waals surface area contributed by atoms with Crippen molar-refractivity contribution in [3.05, 3.63) is 18.2 Å². The normalized spacial score (nSPS) is 10.8. The molecule has 0 amide bonds. The maximum atomic E-state index is 3.24. The van der Waals surface area contributed by atoms with E-state index in [0.717, 1.165) is 0 Å². The summed E-state index contributed by atoms with van der Waals surface area (Å²) in [6.45, 7) is 5.61. The number of halogens is 1. The molecule has 1 N–H and O–H groups in total. The molecule has 1 rings (SSSR count). The van der Waals surface area contributed by atoms with E-state index >= 15 is 0 Å². The van der Waals surface area contributed by atoms with E-state index in [-0.39, 0.29) is 12.4 Å². The standard InChI is InChI=1S/C22H42N2.ClH/c1-3-4-5-6-7-8-9-10-11-12-13-14-15-16-17-18-20-24-21-19-23-22(24)2;/h19,21H,3-18,20H2,1-2H3;1H. The Bertz CT molecular complexity index is 376. The van der Waals surface area contributed by atoms with E-state index in [0.29, 0.717) is 0 Å². The Morgan fingerprint density at radius 3 is 1.44 bits per heavy atom. The van der Waals surface area contributed by atoms with Crippen LogP contribution in [0.5, 0.6) is 0 Å². The van der Waals surface area contributed by atoms with Crippen molar-refractivity contribution in [3.63, 3.8) is 0 Å². The lowest BCUT2D eigenvalue weighted by Crippen LogP contribution is -3.00. The van der Waals surface area contributed by atoms with Gasteiger partial charge in [-0.3, -0.25) is 0 Å². The molecule has 0 fully saturated rings. The van der Waals surface area contributed by atoms with Crippen LogP contribution in [-0.2, 0) is 6.54 Å². The number of H-pyrrole nitrogens is 1. The number of aryl methyl sites for hydroxylation is 2. The Morgan fingerprint density at radius 2 is 1.08 bits per heavy atom. The van der Waals surface area contributed by atoms with Crippen LogP contribution in [0.15, 0.2) is 12.4 Å². The third-order valence-electron chi connectivity index (χ3n) is 5.23. The average Bonchev–Trinajstić information content (AvgIpc) is 2.99. The molecule has 2 nitrogen and oxygen atoms in total. The largest absolute Gasteiger partial charge is 1.00 e. The topological polar surface area (TPSA) is 19.7 Å². The summed E-state index contributed by atoms with van der Waals surface area (Å²) in [7, 11) is 0. The van der Waals surface area contributed by atoms with E-state index < -0.39 is 0 Å². The van der Waals surface area contributed by atoms with Crippen LogP contribution in [0.2, 0.25) is 0 Å². The maximum Gasteiger partial charge on any atom is 0.251 e. The van der Waals surface area contributed by atoms with Crippen molar-refractivity contribution in [1.29, 1.82) is 0 Å². The zero-order chi connectivity index (χ0) is 17.3. The van der Waals surface area contributed by atoms with Crippen molar-refractivity contribution in [2.24, 2.45) is 0 Å². The molecular weight excluding hydrogens is 328 g/mol. The van der Waals surface area contributed by atoms with Crippen molar-refractivity contribution >= 4 is 0 Å². The van der Waals surface area contributed by atoms with Crippen LogP contribution < -0.4 is 17.0 Å². The maximum absolute atomic E-state index is 3.24. The predicted molar refractivity (Wildman–Crippen MR) is 105 cm³/mol. The number of aromatic amines is 1. The van der Waals surface area contributed by atoms with Crippen molar-refractivity contribution in [3.8, 4) is 0 Å². The highest BCUT2D eigenvalue weighted by molar-refractivity contribution is 4.70. The first kappa shape index (κ1) is 24.5. The Kier molecular flexibility index (Phi) is 17.9. The number of hydrogen-bond acceptors (Lipinski definition) is 0. The molecule has 0 aliphatic carbocycles. The van der Waals surface area contributed by atoms with Crippen molar-refractivity contribution < 1.29 is 17.0 Å². The molecule has 0 spiro atoms. The SMILES string of the molecule is CCCCCCCCCCCCCCCCCC[n+]1cc[nH]c1C.[Cl-]. The molecule has 148 valence electrons. The molecule has 3 heteroatoms. The quantitative estimate of drug-likeness (QED) is 0.317. The van der Waals surface area contributed by atoms with Crippen LogP contribution in [-0.4, -0.2) is 4.98 Å². The lowest BCUT2D eigenvalue weighted by molar-refractivity contribution is -0.702. The van der Waals surface area contributed by atoms with Crippen molar-refractivity contribution in [2.45, 2.75) is 123 Å². The van der Waals surface area contributed by atoms with Crippen molar-refractivity contribution in [1.82, 2.24) is 4.98 Å². The number of imidazole rings is 1. The van der Waals surface area contributed by atoms with Crippen LogP contribution in [0, 0.1) is 6.92 Å². The molecule has 0 aromatic carbocycles. The first-order valence-corrected chi connectivity index (χ1v) is 10.9. The highest BCUT2D eigenvalue weighted by Crippen LogP contribution is 2.13. The van der Waals surface area contributed by atoms with E-state index in [4.69, 9.17) is 0 Å². The molecule has 0 aliphatic rings. The van der Waals surface area contributed by atoms with E-state index in [9.17, 15) is 0 Å². The minimum atomic E-state index is 0. The van der Waals surface area contributed by atoms with E-state index in [1.807, 2.05) is 6.20 Å². The second-order valence-electron chi connectivity index (χ2n) is 7.54. The molecule has 1 aromatic heterocycles. The number of aromatic nitrogens is 2. The van der Waals surface area contributed by atoms with Gasteiger partial charge >= 0.3 is 0 Å². The second-order valence-corrected chi connectivity index (χ2v) is 7.54. The van der Waals surface area contributed by atoms with Gasteiger partial charge in [-0.2, -0.15) is 0 Å². The Labute approximate surface area is 163 Å². The summed E-state index contributed by atoms with van der Waals surface area (Å²) in [5.41, 5.74) is 0. The summed E-state index contributed by atoms with van der Waals surface area (Å²) in [6.07, 6.45) is 27.2. The summed E-state index contributed by atoms with van der Waals surface area (Å²) >= 11 is 0. The van der Waals surface area contributed by atoms with Gasteiger partial charge in [0.25, 0.3) is 5.82 Å². The van der Waals surface area contributed by atoms with Gasteiger partial charge in [-0.15, -0.1) is 0 Å². The zero-order valence-corrected chi connectivity index (χ0v) is 17.8. The van der Waals surface area contributed by atoms with E-state index in [1.165, 1.54) is 115 Å². The first-order valence-electron chi connectivity index (χ1n) is 10.9. The summed E-state index contributed by atoms with van der Waals surface area (Å²) in [6, 6.07) is 0. The third kappa shape index (κ3) is 14.4. The van der Waals surface area contributed by atoms with Gasteiger partial charge in [-0.1, -0.05) is 96.8 Å². The van der Waals surface area contributed by atoms with Crippen LogP contribution in [0.25, 0.3) is 0 Å². The van der Waals surface area contributed by atoms with Gasteiger partial charge in [0.15, 0.2) is 0 Å². The molecule has 1 aromatic rings. The fourth-order valence-corrected chi connectivity index (χ4v) is 3.52. The van der Waals surface area contributed by atoms with Gasteiger partial charge in [0.1, 0.15) is 12.4 Å². The fraction of sp³-hybridized carbons (Fsp3) is 0.864. The van der Waals surface area contributed by atoms with Gasteiger partial charge in [-0.05, 0) is 12.8 Å². The lowest BCUT2D eigenvalue weighted by Gasteiger charge is -2.03. The highest BCUT2D eigenvalue weighted by atomic mass is 35.5. The molecule has 0 radical (unpaired) electrons. The fourth-order valence-electron chi connectivity index (χ4n) is 3.52. The Morgan fingerprint density at radius 1 is 0.680 bits per heavy atom. The number of hydrogen-bond donors (Lipinski definition) is 1. The molecule has 0 aliphatic heterocycles. The number of nitrogens with one attached hydrogen (secondary N) is 1. The number of unbranched alkanes of at least 4 members (excludes halogenated alkanes) is 15. The molecule has 0 bridgehead atoms. The molecule has 0 unspecified atom stereocenters. The minimum absolute atomic E-state index is 0. The highest BCUT2D eigenvalue weighted by Gasteiger charge is 2.02. The molecule has 1 heterocycles. The lowest BCUT2D eigenvalue weighted by atomic mass is 10.0. The van der Waals surface area contributed by atoms with Gasteiger partial charge in [-0.25, -0.2) is 9.55 Å². The van der Waals surface area contributed by atoms with E-state index in [2.05, 4.69) is 29.6 Å². The molecule has 0 saturated heterocycles. The number of nitrogens with zero attached hydrogens (tertiary/aromatic N) is 1. The van der Waals surface area contributed by atoms with Gasteiger partial charge in [0.2, 0.25) is 0 Å². The smallest absolute Gasteiger partial charge is 0.251 e. The molecule has 0 saturated carbocycles. The predicted octanol–water partition coefficient (Wildman–Crippen LogP) is 3.88. The third-order valence-corrected chi connectivity index (χ3v) is 5.23. The minimum Gasteiger partial charge on any atom is -1.00 e. The van der Waals surface area contributed by atoms with Gasteiger partial charge in [0.05, 0.1) is 6.54 Å². The molecular formula is C22H43ClN2. The summed E-state index contributed by atoms with van der Waals surface area (Å²) in [5.74, 6) is 1.27. The Hall–Kier alpha value is -0.500. The number of rotatable bonds is 17. The van der Waals surface area contributed by atoms with Crippen molar-refractivity contribution in [2.75, 3.05) is 0 Å². The summed E-state index contributed by atoms with van der Waals surface area (Å²) in [4.78, 5) is 3.24. The average molecular weight is 371 g/mol.